The van der Waals surface area contributed by atoms with Crippen LogP contribution in [0, 0.1) is 10.1 Å². The van der Waals surface area contributed by atoms with E-state index in [1.807, 2.05) is 0 Å². The lowest BCUT2D eigenvalue weighted by Crippen LogP contribution is -2.49. The number of esters is 1. The Balaban J connectivity index is 2.74. The van der Waals surface area contributed by atoms with E-state index in [-0.39, 0.29) is 6.61 Å². The fourth-order valence-corrected chi connectivity index (χ4v) is 3.33. The van der Waals surface area contributed by atoms with Crippen LogP contribution in [0.4, 0.5) is 17.6 Å². The van der Waals surface area contributed by atoms with Crippen molar-refractivity contribution in [3.05, 3.63) is 50.6 Å². The fourth-order valence-electron chi connectivity index (χ4n) is 2.92. The zero-order valence-electron chi connectivity index (χ0n) is 15.4. The van der Waals surface area contributed by atoms with Gasteiger partial charge in [-0.05, 0) is 32.1 Å². The molecule has 0 saturated heterocycles. The van der Waals surface area contributed by atoms with Crippen molar-refractivity contribution >= 4 is 17.6 Å². The predicted molar refractivity (Wildman–Crippen MR) is 91.2 cm³/mol. The second kappa shape index (κ2) is 8.11. The lowest BCUT2D eigenvalue weighted by molar-refractivity contribution is -0.533. The number of alkyl halides is 3. The Labute approximate surface area is 166 Å². The van der Waals surface area contributed by atoms with E-state index in [4.69, 9.17) is 21.1 Å². The molecular weight excluding hydrogens is 426 g/mol. The van der Waals surface area contributed by atoms with Crippen LogP contribution in [0.15, 0.2) is 24.1 Å². The number of ether oxygens (including phenoxy) is 2. The van der Waals surface area contributed by atoms with Gasteiger partial charge in [0, 0.05) is 12.0 Å². The van der Waals surface area contributed by atoms with Crippen molar-refractivity contribution in [3.63, 3.8) is 0 Å². The Bertz CT molecular complexity index is 883. The van der Waals surface area contributed by atoms with Crippen molar-refractivity contribution in [3.8, 4) is 0 Å². The van der Waals surface area contributed by atoms with Crippen LogP contribution in [-0.4, -0.2) is 39.4 Å². The molecule has 2 rings (SSSR count). The number of aryl methyl sites for hydroxylation is 1. The molecule has 0 N–H and O–H groups in total. The van der Waals surface area contributed by atoms with Gasteiger partial charge in [0.1, 0.15) is 11.5 Å². The van der Waals surface area contributed by atoms with Crippen molar-refractivity contribution in [1.29, 1.82) is 0 Å². The first-order chi connectivity index (χ1) is 13.3. The molecule has 0 fully saturated rings. The molecule has 1 aromatic heterocycles. The van der Waals surface area contributed by atoms with Crippen molar-refractivity contribution in [2.24, 2.45) is 7.05 Å². The Morgan fingerprint density at radius 3 is 2.62 bits per heavy atom. The van der Waals surface area contributed by atoms with E-state index in [1.165, 1.54) is 6.92 Å². The Morgan fingerprint density at radius 1 is 1.52 bits per heavy atom. The quantitative estimate of drug-likeness (QED) is 0.291. The number of rotatable bonds is 6. The number of nitrogens with zero attached hydrogens (tertiary/aromatic N) is 3. The van der Waals surface area contributed by atoms with Gasteiger partial charge < -0.3 is 9.47 Å². The number of aromatic nitrogens is 2. The van der Waals surface area contributed by atoms with Crippen molar-refractivity contribution in [2.45, 2.75) is 37.8 Å². The summed E-state index contributed by atoms with van der Waals surface area (Å²) in [5.74, 6) is -2.00. The summed E-state index contributed by atoms with van der Waals surface area (Å²) in [6.07, 6.45) is -4.36. The number of carbonyl (C=O) groups excluding carboxylic acids is 1. The third-order valence-corrected chi connectivity index (χ3v) is 4.43. The molecule has 1 aliphatic carbocycles. The summed E-state index contributed by atoms with van der Waals surface area (Å²) >= 11 is 5.88. The molecule has 0 amide bonds. The molecule has 1 aliphatic rings. The van der Waals surface area contributed by atoms with Gasteiger partial charge in [-0.15, -0.1) is 0 Å². The molecular formula is C16H16ClF4N3O5. The van der Waals surface area contributed by atoms with Crippen LogP contribution in [0.5, 0.6) is 0 Å². The minimum absolute atomic E-state index is 0.0507. The highest BCUT2D eigenvalue weighted by Crippen LogP contribution is 2.45. The largest absolute Gasteiger partial charge is 0.464 e. The Kier molecular flexibility index (Phi) is 6.38. The van der Waals surface area contributed by atoms with E-state index in [9.17, 15) is 32.5 Å². The van der Waals surface area contributed by atoms with Crippen LogP contribution in [0.2, 0.25) is 5.02 Å². The van der Waals surface area contributed by atoms with E-state index in [2.05, 4.69) is 5.10 Å². The molecule has 0 aromatic carbocycles. The molecule has 160 valence electrons. The smallest absolute Gasteiger partial charge is 0.434 e. The predicted octanol–water partition coefficient (Wildman–Crippen LogP) is 3.32. The summed E-state index contributed by atoms with van der Waals surface area (Å²) < 4.78 is 64.7. The molecule has 0 spiro atoms. The van der Waals surface area contributed by atoms with E-state index in [0.717, 1.165) is 26.1 Å². The summed E-state index contributed by atoms with van der Waals surface area (Å²) in [6.45, 7) is 2.60. The minimum Gasteiger partial charge on any atom is -0.464 e. The molecule has 13 heteroatoms. The second-order valence-corrected chi connectivity index (χ2v) is 6.43. The molecule has 3 atom stereocenters. The summed E-state index contributed by atoms with van der Waals surface area (Å²) in [4.78, 5) is 22.7. The van der Waals surface area contributed by atoms with Crippen LogP contribution in [0.3, 0.4) is 0 Å². The van der Waals surface area contributed by atoms with Gasteiger partial charge in [0.25, 0.3) is 6.04 Å². The molecule has 1 aromatic rings. The van der Waals surface area contributed by atoms with E-state index in [1.54, 1.807) is 0 Å². The third-order valence-electron chi connectivity index (χ3n) is 4.07. The van der Waals surface area contributed by atoms with Crippen LogP contribution >= 0.6 is 11.6 Å². The number of hydrogen-bond acceptors (Lipinski definition) is 6. The summed E-state index contributed by atoms with van der Waals surface area (Å²) in [7, 11) is 0.917. The molecule has 0 bridgehead atoms. The van der Waals surface area contributed by atoms with E-state index >= 15 is 0 Å². The van der Waals surface area contributed by atoms with Gasteiger partial charge in [-0.3, -0.25) is 14.8 Å². The number of hydrogen-bond donors (Lipinski definition) is 0. The molecule has 3 unspecified atom stereocenters. The topological polar surface area (TPSA) is 96.5 Å². The zero-order valence-corrected chi connectivity index (χ0v) is 16.1. The zero-order chi connectivity index (χ0) is 22.1. The van der Waals surface area contributed by atoms with Crippen molar-refractivity contribution in [1.82, 2.24) is 9.78 Å². The van der Waals surface area contributed by atoms with Crippen LogP contribution in [0.25, 0.3) is 0 Å². The molecule has 8 nitrogen and oxygen atoms in total. The maximum atomic E-state index is 14.1. The molecule has 1 heterocycles. The minimum atomic E-state index is -4.96. The third kappa shape index (κ3) is 4.27. The normalized spacial score (nSPS) is 22.9. The number of allylic oxidation sites excluding steroid dienone is 2. The van der Waals surface area contributed by atoms with Gasteiger partial charge >= 0.3 is 12.1 Å². The summed E-state index contributed by atoms with van der Waals surface area (Å²) in [5, 5.41) is 14.3. The lowest BCUT2D eigenvalue weighted by Gasteiger charge is -2.34. The monoisotopic (exact) mass is 441 g/mol. The fraction of sp³-hybridized carbons (Fsp3) is 0.500. The second-order valence-electron chi connectivity index (χ2n) is 6.06. The van der Waals surface area contributed by atoms with Gasteiger partial charge in [0.2, 0.25) is 5.60 Å². The first kappa shape index (κ1) is 22.8. The SMILES string of the molecule is CCOC(=O)C(C)OC1(c2nn(C)c(C(F)(F)F)c2Cl)C=C(F)C=CC1[N+](=O)[O-]. The average molecular weight is 442 g/mol. The van der Waals surface area contributed by atoms with Gasteiger partial charge in [-0.2, -0.15) is 18.3 Å². The molecule has 29 heavy (non-hydrogen) atoms. The van der Waals surface area contributed by atoms with Gasteiger partial charge in [0.15, 0.2) is 11.8 Å². The standard InChI is InChI=1S/C16H16ClF4N3O5/c1-4-28-14(25)8(2)29-15(7-9(18)5-6-10(15)24(26)27)12-11(17)13(16(19,20)21)23(3)22-12/h5-8,10H,4H2,1-3H3. The van der Waals surface area contributed by atoms with E-state index in [0.29, 0.717) is 10.8 Å². The first-order valence-electron chi connectivity index (χ1n) is 8.19. The lowest BCUT2D eigenvalue weighted by atomic mass is 9.85. The number of halogens is 5. The average Bonchev–Trinajstić information content (AvgIpc) is 2.89. The maximum absolute atomic E-state index is 14.1. The first-order valence-corrected chi connectivity index (χ1v) is 8.57. The number of nitro groups is 1. The number of carbonyl (C=O) groups is 1. The van der Waals surface area contributed by atoms with Crippen LogP contribution in [-0.2, 0) is 33.1 Å². The highest BCUT2D eigenvalue weighted by Gasteiger charge is 2.55. The Hall–Kier alpha value is -2.47. The van der Waals surface area contributed by atoms with Gasteiger partial charge in [-0.1, -0.05) is 11.6 Å². The summed E-state index contributed by atoms with van der Waals surface area (Å²) in [6, 6.07) is -1.92. The highest BCUT2D eigenvalue weighted by atomic mass is 35.5. The van der Waals surface area contributed by atoms with Crippen molar-refractivity contribution in [2.75, 3.05) is 6.61 Å². The van der Waals surface area contributed by atoms with Gasteiger partial charge in [-0.25, -0.2) is 9.18 Å². The summed E-state index contributed by atoms with van der Waals surface area (Å²) in [5.41, 5.74) is -4.70. The molecule has 0 saturated carbocycles. The Morgan fingerprint density at radius 2 is 2.14 bits per heavy atom. The molecule has 0 aliphatic heterocycles. The van der Waals surface area contributed by atoms with Crippen LogP contribution < -0.4 is 0 Å². The molecule has 0 radical (unpaired) electrons. The van der Waals surface area contributed by atoms with Gasteiger partial charge in [0.05, 0.1) is 11.6 Å². The van der Waals surface area contributed by atoms with E-state index < -0.39 is 57.1 Å². The highest BCUT2D eigenvalue weighted by molar-refractivity contribution is 6.32. The van der Waals surface area contributed by atoms with Crippen LogP contribution in [0.1, 0.15) is 25.2 Å². The maximum Gasteiger partial charge on any atom is 0.434 e. The van der Waals surface area contributed by atoms with Crippen molar-refractivity contribution < 1.29 is 36.8 Å².